The first-order valence-electron chi connectivity index (χ1n) is 7.05. The number of ether oxygens (including phenoxy) is 1. The highest BCUT2D eigenvalue weighted by Gasteiger charge is 2.12. The second kappa shape index (κ2) is 7.26. The number of amides is 2. The molecular formula is C16H17N3O4. The third-order valence-corrected chi connectivity index (χ3v) is 3.09. The molecule has 2 aromatic carbocycles. The van der Waals surface area contributed by atoms with E-state index >= 15 is 0 Å². The van der Waals surface area contributed by atoms with E-state index < -0.39 is 11.0 Å². The molecule has 0 heterocycles. The van der Waals surface area contributed by atoms with Crippen LogP contribution in [-0.2, 0) is 0 Å². The fraction of sp³-hybridized carbons (Fsp3) is 0.188. The van der Waals surface area contributed by atoms with Crippen molar-refractivity contribution in [3.05, 3.63) is 58.1 Å². The lowest BCUT2D eigenvalue weighted by Crippen LogP contribution is -2.19. The molecule has 0 aliphatic rings. The number of nitrogens with one attached hydrogen (secondary N) is 2. The molecule has 0 atom stereocenters. The molecule has 0 saturated heterocycles. The Morgan fingerprint density at radius 3 is 2.35 bits per heavy atom. The van der Waals surface area contributed by atoms with Crippen LogP contribution in [0.15, 0.2) is 42.5 Å². The molecule has 2 N–H and O–H groups in total. The van der Waals surface area contributed by atoms with Crippen LogP contribution in [0.3, 0.4) is 0 Å². The second-order valence-corrected chi connectivity index (χ2v) is 4.79. The molecule has 0 saturated carbocycles. The number of aryl methyl sites for hydroxylation is 1. The van der Waals surface area contributed by atoms with Gasteiger partial charge in [0.1, 0.15) is 5.75 Å². The number of hydrogen-bond donors (Lipinski definition) is 2. The van der Waals surface area contributed by atoms with Gasteiger partial charge in [-0.1, -0.05) is 6.07 Å². The molecule has 0 radical (unpaired) electrons. The summed E-state index contributed by atoms with van der Waals surface area (Å²) in [6, 6.07) is 11.0. The van der Waals surface area contributed by atoms with Crippen LogP contribution < -0.4 is 15.4 Å². The lowest BCUT2D eigenvalue weighted by atomic mass is 10.2. The Bertz CT molecular complexity index is 714. The Hall–Kier alpha value is -3.09. The van der Waals surface area contributed by atoms with E-state index in [1.165, 1.54) is 6.07 Å². The van der Waals surface area contributed by atoms with Crippen molar-refractivity contribution in [2.24, 2.45) is 0 Å². The molecule has 0 aliphatic carbocycles. The van der Waals surface area contributed by atoms with Crippen LogP contribution in [0.1, 0.15) is 12.5 Å². The molecule has 0 bridgehead atoms. The summed E-state index contributed by atoms with van der Waals surface area (Å²) in [6.45, 7) is 4.10. The predicted molar refractivity (Wildman–Crippen MR) is 88.1 cm³/mol. The fourth-order valence-corrected chi connectivity index (χ4v) is 1.98. The van der Waals surface area contributed by atoms with Crippen LogP contribution >= 0.6 is 0 Å². The SMILES string of the molecule is CCOc1ccc(NC(=O)Nc2ccc(C)c([N+](=O)[O-])c2)cc1. The van der Waals surface area contributed by atoms with Gasteiger partial charge in [0.05, 0.1) is 11.5 Å². The van der Waals surface area contributed by atoms with Crippen molar-refractivity contribution in [2.75, 3.05) is 17.2 Å². The van der Waals surface area contributed by atoms with E-state index in [9.17, 15) is 14.9 Å². The Morgan fingerprint density at radius 2 is 1.74 bits per heavy atom. The van der Waals surface area contributed by atoms with Gasteiger partial charge in [-0.15, -0.1) is 0 Å². The molecule has 23 heavy (non-hydrogen) atoms. The minimum atomic E-state index is -0.481. The maximum Gasteiger partial charge on any atom is 0.323 e. The van der Waals surface area contributed by atoms with E-state index in [4.69, 9.17) is 4.74 Å². The molecule has 7 heteroatoms. The Kier molecular flexibility index (Phi) is 5.14. The summed E-state index contributed by atoms with van der Waals surface area (Å²) < 4.78 is 5.32. The van der Waals surface area contributed by atoms with E-state index in [1.807, 2.05) is 6.92 Å². The minimum absolute atomic E-state index is 0.0381. The van der Waals surface area contributed by atoms with Gasteiger partial charge in [0.2, 0.25) is 0 Å². The zero-order chi connectivity index (χ0) is 16.8. The third kappa shape index (κ3) is 4.44. The van der Waals surface area contributed by atoms with Crippen molar-refractivity contribution >= 4 is 23.1 Å². The van der Waals surface area contributed by atoms with Gasteiger partial charge < -0.3 is 15.4 Å². The molecule has 2 aromatic rings. The number of nitrogens with zero attached hydrogens (tertiary/aromatic N) is 1. The summed E-state index contributed by atoms with van der Waals surface area (Å²) in [6.07, 6.45) is 0. The highest BCUT2D eigenvalue weighted by atomic mass is 16.6. The quantitative estimate of drug-likeness (QED) is 0.645. The number of nitro groups is 1. The second-order valence-electron chi connectivity index (χ2n) is 4.79. The van der Waals surface area contributed by atoms with E-state index in [2.05, 4.69) is 10.6 Å². The number of nitro benzene ring substituents is 1. The highest BCUT2D eigenvalue weighted by Crippen LogP contribution is 2.22. The minimum Gasteiger partial charge on any atom is -0.494 e. The molecular weight excluding hydrogens is 298 g/mol. The molecule has 0 spiro atoms. The molecule has 7 nitrogen and oxygen atoms in total. The van der Waals surface area contributed by atoms with Crippen molar-refractivity contribution < 1.29 is 14.5 Å². The van der Waals surface area contributed by atoms with Crippen molar-refractivity contribution in [1.82, 2.24) is 0 Å². The third-order valence-electron chi connectivity index (χ3n) is 3.09. The first-order chi connectivity index (χ1) is 11.0. The molecule has 0 aromatic heterocycles. The fourth-order valence-electron chi connectivity index (χ4n) is 1.98. The summed E-state index contributed by atoms with van der Waals surface area (Å²) in [5.74, 6) is 0.715. The molecule has 120 valence electrons. The topological polar surface area (TPSA) is 93.5 Å². The summed E-state index contributed by atoms with van der Waals surface area (Å²) in [4.78, 5) is 22.4. The molecule has 2 rings (SSSR count). The normalized spacial score (nSPS) is 10.0. The zero-order valence-corrected chi connectivity index (χ0v) is 12.8. The largest absolute Gasteiger partial charge is 0.494 e. The van der Waals surface area contributed by atoms with E-state index in [0.717, 1.165) is 0 Å². The standard InChI is InChI=1S/C16H17N3O4/c1-3-23-14-8-6-12(7-9-14)17-16(20)18-13-5-4-11(2)15(10-13)19(21)22/h4-10H,3H2,1-2H3,(H2,17,18,20). The van der Waals surface area contributed by atoms with Crippen molar-refractivity contribution in [1.29, 1.82) is 0 Å². The number of carbonyl (C=O) groups excluding carboxylic acids is 1. The maximum atomic E-state index is 11.9. The van der Waals surface area contributed by atoms with E-state index in [-0.39, 0.29) is 5.69 Å². The first-order valence-corrected chi connectivity index (χ1v) is 7.05. The number of rotatable bonds is 5. The van der Waals surface area contributed by atoms with Gasteiger partial charge in [-0.05, 0) is 44.2 Å². The number of carbonyl (C=O) groups is 1. The molecule has 0 unspecified atom stereocenters. The Morgan fingerprint density at radius 1 is 1.13 bits per heavy atom. The van der Waals surface area contributed by atoms with Crippen LogP contribution in [0.5, 0.6) is 5.75 Å². The van der Waals surface area contributed by atoms with Crippen LogP contribution in [0.4, 0.5) is 21.9 Å². The number of urea groups is 1. The Balaban J connectivity index is 2.02. The summed E-state index contributed by atoms with van der Waals surface area (Å²) in [5, 5.41) is 16.1. The monoisotopic (exact) mass is 315 g/mol. The van der Waals surface area contributed by atoms with Crippen LogP contribution in [-0.4, -0.2) is 17.6 Å². The van der Waals surface area contributed by atoms with Crippen LogP contribution in [0.2, 0.25) is 0 Å². The molecule has 0 fully saturated rings. The van der Waals surface area contributed by atoms with Crippen LogP contribution in [0, 0.1) is 17.0 Å². The average Bonchev–Trinajstić information content (AvgIpc) is 2.51. The number of hydrogen-bond acceptors (Lipinski definition) is 4. The summed E-state index contributed by atoms with van der Waals surface area (Å²) in [5.41, 5.74) is 1.44. The van der Waals surface area contributed by atoms with Gasteiger partial charge in [0.25, 0.3) is 5.69 Å². The number of benzene rings is 2. The average molecular weight is 315 g/mol. The van der Waals surface area contributed by atoms with Crippen LogP contribution in [0.25, 0.3) is 0 Å². The maximum absolute atomic E-state index is 11.9. The van der Waals surface area contributed by atoms with Gasteiger partial charge in [-0.3, -0.25) is 10.1 Å². The smallest absolute Gasteiger partial charge is 0.323 e. The summed E-state index contributed by atoms with van der Waals surface area (Å²) in [7, 11) is 0. The lowest BCUT2D eigenvalue weighted by Gasteiger charge is -2.09. The predicted octanol–water partition coefficient (Wildman–Crippen LogP) is 3.95. The van der Waals surface area contributed by atoms with E-state index in [0.29, 0.717) is 29.3 Å². The first kappa shape index (κ1) is 16.3. The number of anilines is 2. The van der Waals surface area contributed by atoms with Gasteiger partial charge in [0, 0.05) is 23.0 Å². The van der Waals surface area contributed by atoms with Gasteiger partial charge in [-0.25, -0.2) is 4.79 Å². The lowest BCUT2D eigenvalue weighted by molar-refractivity contribution is -0.385. The zero-order valence-electron chi connectivity index (χ0n) is 12.8. The van der Waals surface area contributed by atoms with Crippen molar-refractivity contribution in [2.45, 2.75) is 13.8 Å². The molecule has 2 amide bonds. The summed E-state index contributed by atoms with van der Waals surface area (Å²) >= 11 is 0. The van der Waals surface area contributed by atoms with Gasteiger partial charge >= 0.3 is 6.03 Å². The van der Waals surface area contributed by atoms with Crippen molar-refractivity contribution in [3.8, 4) is 5.75 Å². The van der Waals surface area contributed by atoms with E-state index in [1.54, 1.807) is 43.3 Å². The van der Waals surface area contributed by atoms with Gasteiger partial charge in [0.15, 0.2) is 0 Å². The highest BCUT2D eigenvalue weighted by molar-refractivity contribution is 5.99. The molecule has 0 aliphatic heterocycles. The Labute approximate surface area is 133 Å². The van der Waals surface area contributed by atoms with Crippen molar-refractivity contribution in [3.63, 3.8) is 0 Å². The van der Waals surface area contributed by atoms with Gasteiger partial charge in [-0.2, -0.15) is 0 Å².